The van der Waals surface area contributed by atoms with Crippen LogP contribution < -0.4 is 5.73 Å². The Bertz CT molecular complexity index is 298. The molecule has 0 aromatic rings. The van der Waals surface area contributed by atoms with Gasteiger partial charge in [0.15, 0.2) is 0 Å². The van der Waals surface area contributed by atoms with Crippen LogP contribution in [0.15, 0.2) is 9.98 Å². The second-order valence-corrected chi connectivity index (χ2v) is 3.66. The highest BCUT2D eigenvalue weighted by Gasteiger charge is 2.19. The first kappa shape index (κ1) is 11.2. The minimum atomic E-state index is 0.0542. The van der Waals surface area contributed by atoms with E-state index in [4.69, 9.17) is 15.6 Å². The van der Waals surface area contributed by atoms with Crippen LogP contribution >= 0.6 is 0 Å². The van der Waals surface area contributed by atoms with Gasteiger partial charge in [0.1, 0.15) is 6.67 Å². The van der Waals surface area contributed by atoms with Crippen LogP contribution in [0.2, 0.25) is 0 Å². The molecule has 7 heteroatoms. The zero-order valence-electron chi connectivity index (χ0n) is 9.17. The van der Waals surface area contributed by atoms with Crippen molar-refractivity contribution in [2.75, 3.05) is 46.1 Å². The van der Waals surface area contributed by atoms with Crippen molar-refractivity contribution >= 4 is 11.9 Å². The molecule has 2 heterocycles. The number of nitrogens with two attached hydrogens (primary N) is 1. The Morgan fingerprint density at radius 2 is 2.12 bits per heavy atom. The van der Waals surface area contributed by atoms with Gasteiger partial charge in [0.25, 0.3) is 0 Å². The number of hydrogen-bond donors (Lipinski definition) is 2. The van der Waals surface area contributed by atoms with Crippen LogP contribution in [0.1, 0.15) is 0 Å². The van der Waals surface area contributed by atoms with Crippen molar-refractivity contribution in [1.29, 1.82) is 0 Å². The molecule has 0 unspecified atom stereocenters. The lowest BCUT2D eigenvalue weighted by Crippen LogP contribution is -2.47. The molecule has 2 aliphatic rings. The summed E-state index contributed by atoms with van der Waals surface area (Å²) in [6, 6.07) is 0. The molecule has 16 heavy (non-hydrogen) atoms. The Hall–Kier alpha value is -1.34. The molecule has 3 N–H and O–H groups in total. The Kier molecular flexibility index (Phi) is 3.58. The third kappa shape index (κ3) is 2.42. The molecule has 0 radical (unpaired) electrons. The molecule has 0 aromatic heterocycles. The van der Waals surface area contributed by atoms with E-state index in [-0.39, 0.29) is 6.61 Å². The molecule has 1 fully saturated rings. The van der Waals surface area contributed by atoms with Gasteiger partial charge >= 0.3 is 0 Å². The second kappa shape index (κ2) is 5.13. The maximum absolute atomic E-state index is 8.82. The SMILES string of the molecule is NC1=NC(N2CCOCC2)=NCN1CCO. The third-order valence-electron chi connectivity index (χ3n) is 2.59. The number of rotatable bonds is 2. The quantitative estimate of drug-likeness (QED) is 0.584. The van der Waals surface area contributed by atoms with Crippen LogP contribution in [0.25, 0.3) is 0 Å². The van der Waals surface area contributed by atoms with Gasteiger partial charge < -0.3 is 25.4 Å². The standard InChI is InChI=1S/C9H17N5O2/c10-8-12-9(11-7-14(8)1-4-15)13-2-5-16-6-3-13/h15H,1-7H2,(H2,10,11,12). The molecular weight excluding hydrogens is 210 g/mol. The van der Waals surface area contributed by atoms with Gasteiger partial charge in [0.2, 0.25) is 11.9 Å². The van der Waals surface area contributed by atoms with Crippen molar-refractivity contribution in [1.82, 2.24) is 9.80 Å². The molecular formula is C9H17N5O2. The van der Waals surface area contributed by atoms with Crippen molar-refractivity contribution in [3.8, 4) is 0 Å². The van der Waals surface area contributed by atoms with E-state index in [1.807, 2.05) is 0 Å². The van der Waals surface area contributed by atoms with Crippen molar-refractivity contribution in [3.05, 3.63) is 0 Å². The molecule has 0 atom stereocenters. The van der Waals surface area contributed by atoms with Crippen LogP contribution in [0.4, 0.5) is 0 Å². The summed E-state index contributed by atoms with van der Waals surface area (Å²) in [6.45, 7) is 3.99. The molecule has 0 amide bonds. The summed E-state index contributed by atoms with van der Waals surface area (Å²) < 4.78 is 5.26. The van der Waals surface area contributed by atoms with Crippen molar-refractivity contribution in [3.63, 3.8) is 0 Å². The molecule has 1 saturated heterocycles. The van der Waals surface area contributed by atoms with E-state index in [9.17, 15) is 0 Å². The van der Waals surface area contributed by atoms with Crippen molar-refractivity contribution in [2.24, 2.45) is 15.7 Å². The predicted molar refractivity (Wildman–Crippen MR) is 60.1 cm³/mol. The first-order chi connectivity index (χ1) is 7.81. The summed E-state index contributed by atoms with van der Waals surface area (Å²) in [5.41, 5.74) is 5.79. The number of hydrogen-bond acceptors (Lipinski definition) is 7. The highest BCUT2D eigenvalue weighted by molar-refractivity contribution is 5.95. The Balaban J connectivity index is 1.97. The van der Waals surface area contributed by atoms with Crippen molar-refractivity contribution in [2.45, 2.75) is 0 Å². The number of β-amino-alcohol motifs (C(OH)–C–C–N with tert-alkyl or cyclic N) is 1. The normalized spacial score (nSPS) is 21.8. The molecule has 0 spiro atoms. The van der Waals surface area contributed by atoms with Gasteiger partial charge in [-0.1, -0.05) is 0 Å². The number of aliphatic hydroxyl groups excluding tert-OH is 1. The summed E-state index contributed by atoms with van der Waals surface area (Å²) in [5, 5.41) is 8.82. The smallest absolute Gasteiger partial charge is 0.225 e. The van der Waals surface area contributed by atoms with Crippen LogP contribution in [0, 0.1) is 0 Å². The van der Waals surface area contributed by atoms with E-state index < -0.39 is 0 Å². The lowest BCUT2D eigenvalue weighted by atomic mass is 10.4. The summed E-state index contributed by atoms with van der Waals surface area (Å²) in [7, 11) is 0. The number of aliphatic hydroxyl groups is 1. The van der Waals surface area contributed by atoms with Crippen molar-refractivity contribution < 1.29 is 9.84 Å². The molecule has 0 aromatic carbocycles. The Morgan fingerprint density at radius 1 is 1.38 bits per heavy atom. The number of aliphatic imine (C=N–C) groups is 2. The molecule has 0 saturated carbocycles. The van der Waals surface area contributed by atoms with E-state index in [1.165, 1.54) is 0 Å². The fraction of sp³-hybridized carbons (Fsp3) is 0.778. The monoisotopic (exact) mass is 227 g/mol. The Morgan fingerprint density at radius 3 is 2.75 bits per heavy atom. The minimum absolute atomic E-state index is 0.0542. The van der Waals surface area contributed by atoms with E-state index in [0.29, 0.717) is 38.3 Å². The highest BCUT2D eigenvalue weighted by atomic mass is 16.5. The summed E-state index contributed by atoms with van der Waals surface area (Å²) in [5.74, 6) is 1.10. The van der Waals surface area contributed by atoms with Gasteiger partial charge in [-0.25, -0.2) is 4.99 Å². The number of nitrogens with zero attached hydrogens (tertiary/aromatic N) is 4. The topological polar surface area (TPSA) is 86.7 Å². The van der Waals surface area contributed by atoms with E-state index in [0.717, 1.165) is 13.1 Å². The zero-order valence-corrected chi connectivity index (χ0v) is 9.17. The summed E-state index contributed by atoms with van der Waals surface area (Å²) in [6.07, 6.45) is 0. The maximum Gasteiger partial charge on any atom is 0.225 e. The molecule has 2 aliphatic heterocycles. The van der Waals surface area contributed by atoms with Gasteiger partial charge in [-0.15, -0.1) is 0 Å². The fourth-order valence-corrected chi connectivity index (χ4v) is 1.67. The first-order valence-corrected chi connectivity index (χ1v) is 5.38. The second-order valence-electron chi connectivity index (χ2n) is 3.66. The average Bonchev–Trinajstić information content (AvgIpc) is 2.33. The third-order valence-corrected chi connectivity index (χ3v) is 2.59. The average molecular weight is 227 g/mol. The van der Waals surface area contributed by atoms with Crippen LogP contribution in [0.5, 0.6) is 0 Å². The van der Waals surface area contributed by atoms with Gasteiger partial charge in [0.05, 0.1) is 19.8 Å². The zero-order chi connectivity index (χ0) is 11.4. The van der Waals surface area contributed by atoms with Gasteiger partial charge in [-0.05, 0) is 0 Å². The van der Waals surface area contributed by atoms with Gasteiger partial charge in [0, 0.05) is 19.6 Å². The van der Waals surface area contributed by atoms with Crippen LogP contribution in [-0.4, -0.2) is 72.9 Å². The molecule has 0 aliphatic carbocycles. The lowest BCUT2D eigenvalue weighted by molar-refractivity contribution is 0.0671. The van der Waals surface area contributed by atoms with Gasteiger partial charge in [-0.2, -0.15) is 4.99 Å². The molecule has 0 bridgehead atoms. The first-order valence-electron chi connectivity index (χ1n) is 5.38. The maximum atomic E-state index is 8.82. The predicted octanol–water partition coefficient (Wildman–Crippen LogP) is -1.75. The summed E-state index contributed by atoms with van der Waals surface area (Å²) in [4.78, 5) is 12.4. The number of guanidine groups is 2. The lowest BCUT2D eigenvalue weighted by Gasteiger charge is -2.31. The van der Waals surface area contributed by atoms with E-state index >= 15 is 0 Å². The van der Waals surface area contributed by atoms with E-state index in [1.54, 1.807) is 4.90 Å². The van der Waals surface area contributed by atoms with Crippen LogP contribution in [0.3, 0.4) is 0 Å². The number of ether oxygens (including phenoxy) is 1. The molecule has 90 valence electrons. The minimum Gasteiger partial charge on any atom is -0.395 e. The van der Waals surface area contributed by atoms with E-state index in [2.05, 4.69) is 14.9 Å². The number of morpholine rings is 1. The molecule has 2 rings (SSSR count). The fourth-order valence-electron chi connectivity index (χ4n) is 1.67. The highest BCUT2D eigenvalue weighted by Crippen LogP contribution is 2.05. The Labute approximate surface area is 94.2 Å². The van der Waals surface area contributed by atoms with Crippen LogP contribution in [-0.2, 0) is 4.74 Å². The molecule has 7 nitrogen and oxygen atoms in total. The van der Waals surface area contributed by atoms with Gasteiger partial charge in [-0.3, -0.25) is 0 Å². The summed E-state index contributed by atoms with van der Waals surface area (Å²) >= 11 is 0. The largest absolute Gasteiger partial charge is 0.395 e.